The van der Waals surface area contributed by atoms with Gasteiger partial charge in [-0.2, -0.15) is 22.0 Å². The molecule has 0 aliphatic heterocycles. The van der Waals surface area contributed by atoms with E-state index in [9.17, 15) is 26.3 Å². The summed E-state index contributed by atoms with van der Waals surface area (Å²) in [4.78, 5) is -2.38. The standard InChI is InChI=1S/C10H6BrClF6/c1-4-2-5(6(12)3-7(4)13)8(11)9(14,15)10(16,17)18/h2-3,8H,1H3. The van der Waals surface area contributed by atoms with Gasteiger partial charge in [0, 0.05) is 5.02 Å². The van der Waals surface area contributed by atoms with Crippen LogP contribution in [0.3, 0.4) is 0 Å². The Morgan fingerprint density at radius 3 is 2.11 bits per heavy atom. The molecular weight excluding hydrogens is 349 g/mol. The number of halogens is 8. The van der Waals surface area contributed by atoms with Crippen molar-refractivity contribution in [2.24, 2.45) is 0 Å². The van der Waals surface area contributed by atoms with Crippen LogP contribution in [0.2, 0.25) is 5.02 Å². The van der Waals surface area contributed by atoms with E-state index >= 15 is 0 Å². The van der Waals surface area contributed by atoms with Gasteiger partial charge in [0.1, 0.15) is 10.6 Å². The number of hydrogen-bond acceptors (Lipinski definition) is 0. The minimum absolute atomic E-state index is 0.0724. The molecule has 0 nitrogen and oxygen atoms in total. The van der Waals surface area contributed by atoms with Crippen molar-refractivity contribution in [2.45, 2.75) is 23.8 Å². The fourth-order valence-electron chi connectivity index (χ4n) is 1.21. The maximum Gasteiger partial charge on any atom is 0.454 e. The lowest BCUT2D eigenvalue weighted by Crippen LogP contribution is -2.40. The quantitative estimate of drug-likeness (QED) is 0.491. The smallest absolute Gasteiger partial charge is 0.207 e. The van der Waals surface area contributed by atoms with Crippen molar-refractivity contribution >= 4 is 27.5 Å². The van der Waals surface area contributed by atoms with Crippen LogP contribution in [-0.2, 0) is 0 Å². The average Bonchev–Trinajstić information content (AvgIpc) is 2.20. The lowest BCUT2D eigenvalue weighted by Gasteiger charge is -2.25. The zero-order valence-corrected chi connectivity index (χ0v) is 11.1. The third-order valence-electron chi connectivity index (χ3n) is 2.25. The van der Waals surface area contributed by atoms with Crippen LogP contribution in [0.5, 0.6) is 0 Å². The van der Waals surface area contributed by atoms with Gasteiger partial charge in [-0.3, -0.25) is 0 Å². The summed E-state index contributed by atoms with van der Waals surface area (Å²) < 4.78 is 75.8. The highest BCUT2D eigenvalue weighted by atomic mass is 79.9. The molecule has 1 aromatic rings. The van der Waals surface area contributed by atoms with E-state index in [4.69, 9.17) is 11.6 Å². The highest BCUT2D eigenvalue weighted by molar-refractivity contribution is 9.09. The Kier molecular flexibility index (Phi) is 4.27. The van der Waals surface area contributed by atoms with Gasteiger partial charge in [-0.05, 0) is 24.1 Å². The van der Waals surface area contributed by atoms with Crippen molar-refractivity contribution in [2.75, 3.05) is 0 Å². The zero-order valence-electron chi connectivity index (χ0n) is 8.76. The summed E-state index contributed by atoms with van der Waals surface area (Å²) in [6.07, 6.45) is -5.73. The monoisotopic (exact) mass is 354 g/mol. The molecule has 0 N–H and O–H groups in total. The Labute approximate surface area is 112 Å². The van der Waals surface area contributed by atoms with Crippen molar-refractivity contribution < 1.29 is 26.3 Å². The van der Waals surface area contributed by atoms with Gasteiger partial charge in [-0.25, -0.2) is 4.39 Å². The van der Waals surface area contributed by atoms with Crippen LogP contribution < -0.4 is 0 Å². The van der Waals surface area contributed by atoms with E-state index < -0.39 is 33.3 Å². The molecule has 0 bridgehead atoms. The Hall–Kier alpha value is -0.430. The molecule has 0 saturated heterocycles. The van der Waals surface area contributed by atoms with E-state index in [1.807, 2.05) is 0 Å². The molecule has 1 aromatic carbocycles. The molecule has 0 heterocycles. The molecular formula is C10H6BrClF6. The first kappa shape index (κ1) is 15.6. The van der Waals surface area contributed by atoms with Crippen molar-refractivity contribution in [3.63, 3.8) is 0 Å². The molecule has 0 saturated carbocycles. The highest BCUT2D eigenvalue weighted by Gasteiger charge is 2.62. The lowest BCUT2D eigenvalue weighted by atomic mass is 10.0. The van der Waals surface area contributed by atoms with Gasteiger partial charge in [0.2, 0.25) is 0 Å². The molecule has 0 aliphatic carbocycles. The van der Waals surface area contributed by atoms with E-state index in [1.165, 1.54) is 6.92 Å². The second-order valence-electron chi connectivity index (χ2n) is 3.61. The molecule has 0 aliphatic rings. The van der Waals surface area contributed by atoms with Crippen LogP contribution in [0.4, 0.5) is 26.3 Å². The van der Waals surface area contributed by atoms with Gasteiger partial charge >= 0.3 is 12.1 Å². The Balaban J connectivity index is 3.27. The first-order valence-electron chi connectivity index (χ1n) is 4.52. The van der Waals surface area contributed by atoms with E-state index in [-0.39, 0.29) is 5.56 Å². The Morgan fingerprint density at radius 2 is 1.67 bits per heavy atom. The van der Waals surface area contributed by atoms with E-state index in [0.29, 0.717) is 6.07 Å². The summed E-state index contributed by atoms with van der Waals surface area (Å²) in [7, 11) is 0. The number of aryl methyl sites for hydroxylation is 1. The second kappa shape index (κ2) is 4.92. The normalized spacial score (nSPS) is 14.7. The molecule has 0 aromatic heterocycles. The van der Waals surface area contributed by atoms with Crippen LogP contribution in [0.25, 0.3) is 0 Å². The average molecular weight is 356 g/mol. The van der Waals surface area contributed by atoms with Gasteiger partial charge in [-0.1, -0.05) is 33.6 Å². The summed E-state index contributed by atoms with van der Waals surface area (Å²) in [5.41, 5.74) is -0.588. The maximum atomic E-state index is 13.1. The van der Waals surface area contributed by atoms with Crippen LogP contribution in [-0.4, -0.2) is 12.1 Å². The predicted molar refractivity (Wildman–Crippen MR) is 58.8 cm³/mol. The van der Waals surface area contributed by atoms with Gasteiger partial charge < -0.3 is 0 Å². The maximum absolute atomic E-state index is 13.1. The van der Waals surface area contributed by atoms with Crippen LogP contribution >= 0.6 is 27.5 Å². The molecule has 0 fully saturated rings. The first-order chi connectivity index (χ1) is 7.98. The molecule has 1 rings (SSSR count). The van der Waals surface area contributed by atoms with E-state index in [2.05, 4.69) is 15.9 Å². The third-order valence-corrected chi connectivity index (χ3v) is 3.64. The van der Waals surface area contributed by atoms with Gasteiger partial charge in [0.15, 0.2) is 0 Å². The summed E-state index contributed by atoms with van der Waals surface area (Å²) in [5, 5.41) is -0.496. The van der Waals surface area contributed by atoms with Gasteiger partial charge in [0.05, 0.1) is 0 Å². The topological polar surface area (TPSA) is 0 Å². The molecule has 102 valence electrons. The largest absolute Gasteiger partial charge is 0.454 e. The van der Waals surface area contributed by atoms with Crippen molar-refractivity contribution in [1.29, 1.82) is 0 Å². The summed E-state index contributed by atoms with van der Waals surface area (Å²) in [6, 6.07) is 1.56. The molecule has 0 amide bonds. The molecule has 0 spiro atoms. The van der Waals surface area contributed by atoms with Crippen molar-refractivity contribution in [3.8, 4) is 0 Å². The van der Waals surface area contributed by atoms with E-state index in [0.717, 1.165) is 6.07 Å². The molecule has 18 heavy (non-hydrogen) atoms. The van der Waals surface area contributed by atoms with Gasteiger partial charge in [-0.15, -0.1) is 0 Å². The van der Waals surface area contributed by atoms with Crippen LogP contribution in [0, 0.1) is 12.7 Å². The molecule has 8 heteroatoms. The predicted octanol–water partition coefficient (Wildman–Crippen LogP) is 5.42. The third kappa shape index (κ3) is 2.77. The van der Waals surface area contributed by atoms with Crippen LogP contribution in [0.1, 0.15) is 16.0 Å². The number of benzene rings is 1. The summed E-state index contributed by atoms with van der Waals surface area (Å²) in [5.74, 6) is -5.79. The summed E-state index contributed by atoms with van der Waals surface area (Å²) >= 11 is 7.76. The molecule has 1 unspecified atom stereocenters. The van der Waals surface area contributed by atoms with Crippen molar-refractivity contribution in [3.05, 3.63) is 34.1 Å². The SMILES string of the molecule is Cc1cc(C(Br)C(F)(F)C(F)(F)F)c(Cl)cc1F. The minimum Gasteiger partial charge on any atom is -0.207 e. The van der Waals surface area contributed by atoms with Crippen LogP contribution in [0.15, 0.2) is 12.1 Å². The van der Waals surface area contributed by atoms with E-state index in [1.54, 1.807) is 0 Å². The zero-order chi connectivity index (χ0) is 14.3. The molecule has 0 radical (unpaired) electrons. The second-order valence-corrected chi connectivity index (χ2v) is 4.93. The molecule has 1 atom stereocenters. The van der Waals surface area contributed by atoms with Crippen molar-refractivity contribution in [1.82, 2.24) is 0 Å². The number of hydrogen-bond donors (Lipinski definition) is 0. The minimum atomic E-state index is -5.73. The fourth-order valence-corrected chi connectivity index (χ4v) is 2.24. The Bertz CT molecular complexity index is 456. The summed E-state index contributed by atoms with van der Waals surface area (Å²) in [6.45, 7) is 1.24. The Morgan fingerprint density at radius 1 is 1.17 bits per heavy atom. The number of rotatable bonds is 2. The number of alkyl halides is 6. The van der Waals surface area contributed by atoms with Gasteiger partial charge in [0.25, 0.3) is 0 Å². The first-order valence-corrected chi connectivity index (χ1v) is 5.82. The highest BCUT2D eigenvalue weighted by Crippen LogP contribution is 2.50. The fraction of sp³-hybridized carbons (Fsp3) is 0.400. The lowest BCUT2D eigenvalue weighted by molar-refractivity contribution is -0.281.